The standard InChI is InChI=1S/C31H34N2O3/c1-5-16-33-17-15-31-27-22-10-11-24(34)28(27)36-29(31)23(13-14-30(31,3)25(33)19-22)32(4)26(35)12-9-21-8-6-7-20(2)18-21/h5-8,10-11,18,23,25,29,34H,1,13-17,19H2,2-4H3/t23-,25+,29-,30-,31-/m0/s1. The summed E-state index contributed by atoms with van der Waals surface area (Å²) in [6.07, 6.45) is 5.53. The Labute approximate surface area is 213 Å². The van der Waals surface area contributed by atoms with Gasteiger partial charge in [-0.2, -0.15) is 0 Å². The maximum Gasteiger partial charge on any atom is 0.298 e. The SMILES string of the molecule is C=CCN1CC[C@]23c4c5ccc(O)c4O[C@H]2[C@@H](N(C)C(=O)C#Cc2cccc(C)c2)CC[C@@]3(C)[C@H]1C5. The lowest BCUT2D eigenvalue weighted by Crippen LogP contribution is -2.73. The summed E-state index contributed by atoms with van der Waals surface area (Å²) in [5.41, 5.74) is 4.18. The molecule has 0 aromatic heterocycles. The number of rotatable bonds is 3. The maximum atomic E-state index is 13.3. The van der Waals surface area contributed by atoms with Gasteiger partial charge < -0.3 is 14.7 Å². The zero-order valence-electron chi connectivity index (χ0n) is 21.4. The highest BCUT2D eigenvalue weighted by Gasteiger charge is 2.71. The van der Waals surface area contributed by atoms with Crippen LogP contribution in [0.2, 0.25) is 0 Å². The molecule has 2 bridgehead atoms. The molecule has 2 aromatic carbocycles. The summed E-state index contributed by atoms with van der Waals surface area (Å²) >= 11 is 0. The number of phenols is 1. The van der Waals surface area contributed by atoms with Gasteiger partial charge in [-0.3, -0.25) is 9.69 Å². The summed E-state index contributed by atoms with van der Waals surface area (Å²) in [6.45, 7) is 10.3. The molecular weight excluding hydrogens is 448 g/mol. The molecule has 186 valence electrons. The van der Waals surface area contributed by atoms with Crippen molar-refractivity contribution in [3.63, 3.8) is 0 Å². The van der Waals surface area contributed by atoms with Gasteiger partial charge in [-0.05, 0) is 73.9 Å². The number of likely N-dealkylation sites (tertiary alicyclic amines) is 1. The van der Waals surface area contributed by atoms with E-state index in [1.165, 1.54) is 11.1 Å². The first-order valence-corrected chi connectivity index (χ1v) is 13.0. The number of carbonyl (C=O) groups is 1. The van der Waals surface area contributed by atoms with Gasteiger partial charge in [0.15, 0.2) is 11.5 Å². The van der Waals surface area contributed by atoms with Crippen molar-refractivity contribution in [2.45, 2.75) is 63.1 Å². The van der Waals surface area contributed by atoms with Crippen LogP contribution in [-0.4, -0.2) is 59.1 Å². The molecule has 6 rings (SSSR count). The lowest BCUT2D eigenvalue weighted by molar-refractivity contribution is -0.148. The minimum absolute atomic E-state index is 0.0153. The zero-order valence-corrected chi connectivity index (χ0v) is 21.4. The lowest BCUT2D eigenvalue weighted by Gasteiger charge is -2.66. The van der Waals surface area contributed by atoms with Crippen molar-refractivity contribution in [1.29, 1.82) is 0 Å². The Balaban J connectivity index is 1.39. The van der Waals surface area contributed by atoms with E-state index in [0.717, 1.165) is 49.9 Å². The average molecular weight is 483 g/mol. The number of hydrogen-bond donors (Lipinski definition) is 1. The summed E-state index contributed by atoms with van der Waals surface area (Å²) in [7, 11) is 1.86. The van der Waals surface area contributed by atoms with E-state index < -0.39 is 0 Å². The molecule has 1 spiro atoms. The normalized spacial score (nSPS) is 31.5. The minimum atomic E-state index is -0.238. The van der Waals surface area contributed by atoms with E-state index in [1.54, 1.807) is 11.0 Å². The number of ether oxygens (including phenoxy) is 1. The van der Waals surface area contributed by atoms with Crippen LogP contribution in [0.1, 0.15) is 48.4 Å². The number of benzene rings is 2. The Bertz CT molecular complexity index is 1320. The van der Waals surface area contributed by atoms with Gasteiger partial charge in [-0.25, -0.2) is 0 Å². The number of amides is 1. The second-order valence-electron chi connectivity index (χ2n) is 11.3. The fourth-order valence-electron chi connectivity index (χ4n) is 7.93. The molecule has 1 amide bonds. The first-order valence-electron chi connectivity index (χ1n) is 13.0. The molecule has 2 aliphatic heterocycles. The van der Waals surface area contributed by atoms with Crippen molar-refractivity contribution < 1.29 is 14.6 Å². The number of hydrogen-bond acceptors (Lipinski definition) is 4. The van der Waals surface area contributed by atoms with Crippen LogP contribution in [0, 0.1) is 24.2 Å². The van der Waals surface area contributed by atoms with E-state index in [0.29, 0.717) is 11.8 Å². The van der Waals surface area contributed by atoms with Gasteiger partial charge in [0.05, 0.1) is 6.04 Å². The number of phenolic OH excluding ortho intramolecular Hbond substituents is 1. The van der Waals surface area contributed by atoms with E-state index in [9.17, 15) is 9.90 Å². The molecule has 1 saturated heterocycles. The van der Waals surface area contributed by atoms with Crippen molar-refractivity contribution >= 4 is 5.91 Å². The van der Waals surface area contributed by atoms with Crippen LogP contribution in [0.25, 0.3) is 0 Å². The number of aromatic hydroxyl groups is 1. The summed E-state index contributed by atoms with van der Waals surface area (Å²) in [5, 5.41) is 10.8. The van der Waals surface area contributed by atoms with Crippen LogP contribution in [0.15, 0.2) is 49.1 Å². The molecule has 5 nitrogen and oxygen atoms in total. The quantitative estimate of drug-likeness (QED) is 0.527. The van der Waals surface area contributed by atoms with E-state index in [2.05, 4.69) is 36.3 Å². The van der Waals surface area contributed by atoms with Crippen LogP contribution in [0.4, 0.5) is 0 Å². The third-order valence-electron chi connectivity index (χ3n) is 9.62. The van der Waals surface area contributed by atoms with E-state index >= 15 is 0 Å². The Morgan fingerprint density at radius 1 is 1.33 bits per heavy atom. The maximum absolute atomic E-state index is 13.3. The molecule has 2 aromatic rings. The molecule has 2 heterocycles. The fourth-order valence-corrected chi connectivity index (χ4v) is 7.93. The van der Waals surface area contributed by atoms with Crippen molar-refractivity contribution in [3.8, 4) is 23.3 Å². The highest BCUT2D eigenvalue weighted by molar-refractivity contribution is 5.94. The van der Waals surface area contributed by atoms with Gasteiger partial charge in [0, 0.05) is 42.1 Å². The lowest BCUT2D eigenvalue weighted by atomic mass is 9.43. The van der Waals surface area contributed by atoms with Crippen LogP contribution >= 0.6 is 0 Å². The minimum Gasteiger partial charge on any atom is -0.504 e. The Morgan fingerprint density at radius 3 is 2.94 bits per heavy atom. The molecule has 5 atom stereocenters. The molecule has 0 radical (unpaired) electrons. The predicted octanol–water partition coefficient (Wildman–Crippen LogP) is 4.19. The van der Waals surface area contributed by atoms with Crippen LogP contribution < -0.4 is 4.74 Å². The molecule has 5 heteroatoms. The number of piperidine rings is 1. The molecule has 1 saturated carbocycles. The van der Waals surface area contributed by atoms with Crippen molar-refractivity contribution in [2.24, 2.45) is 5.41 Å². The first-order chi connectivity index (χ1) is 17.3. The topological polar surface area (TPSA) is 53.0 Å². The smallest absolute Gasteiger partial charge is 0.298 e. The summed E-state index contributed by atoms with van der Waals surface area (Å²) < 4.78 is 6.70. The van der Waals surface area contributed by atoms with Crippen molar-refractivity contribution in [3.05, 3.63) is 71.3 Å². The second-order valence-corrected chi connectivity index (χ2v) is 11.3. The number of likely N-dealkylation sites (N-methyl/N-ethyl adjacent to an activating group) is 1. The monoisotopic (exact) mass is 482 g/mol. The fraction of sp³-hybridized carbons (Fsp3) is 0.452. The Kier molecular flexibility index (Phi) is 5.25. The van der Waals surface area contributed by atoms with Crippen LogP contribution in [0.3, 0.4) is 0 Å². The summed E-state index contributed by atoms with van der Waals surface area (Å²) in [5.74, 6) is 6.57. The average Bonchev–Trinajstić information content (AvgIpc) is 3.21. The molecule has 4 aliphatic rings. The second kappa shape index (κ2) is 8.15. The van der Waals surface area contributed by atoms with Crippen molar-refractivity contribution in [2.75, 3.05) is 20.1 Å². The molecule has 36 heavy (non-hydrogen) atoms. The van der Waals surface area contributed by atoms with E-state index in [1.807, 2.05) is 44.3 Å². The third-order valence-corrected chi connectivity index (χ3v) is 9.62. The van der Waals surface area contributed by atoms with Gasteiger partial charge in [-0.15, -0.1) is 6.58 Å². The Morgan fingerprint density at radius 2 is 2.17 bits per heavy atom. The Hall–Kier alpha value is -3.23. The molecule has 2 aliphatic carbocycles. The summed E-state index contributed by atoms with van der Waals surface area (Å²) in [6, 6.07) is 12.0. The number of aryl methyl sites for hydroxylation is 1. The highest BCUT2D eigenvalue weighted by atomic mass is 16.5. The van der Waals surface area contributed by atoms with Crippen molar-refractivity contribution in [1.82, 2.24) is 9.80 Å². The number of carbonyl (C=O) groups excluding carboxylic acids is 1. The third kappa shape index (κ3) is 3.04. The number of nitrogens with zero attached hydrogens (tertiary/aromatic N) is 2. The van der Waals surface area contributed by atoms with Gasteiger partial charge in [0.2, 0.25) is 0 Å². The molecule has 1 N–H and O–H groups in total. The summed E-state index contributed by atoms with van der Waals surface area (Å²) in [4.78, 5) is 17.7. The first kappa shape index (κ1) is 23.2. The van der Waals surface area contributed by atoms with Gasteiger partial charge in [-0.1, -0.05) is 37.1 Å². The van der Waals surface area contributed by atoms with Gasteiger partial charge in [0.1, 0.15) is 6.10 Å². The zero-order chi connectivity index (χ0) is 25.2. The largest absolute Gasteiger partial charge is 0.504 e. The van der Waals surface area contributed by atoms with E-state index in [4.69, 9.17) is 4.74 Å². The highest BCUT2D eigenvalue weighted by Crippen LogP contribution is 2.69. The predicted molar refractivity (Wildman–Crippen MR) is 140 cm³/mol. The van der Waals surface area contributed by atoms with Crippen LogP contribution in [-0.2, 0) is 16.6 Å². The van der Waals surface area contributed by atoms with Crippen LogP contribution in [0.5, 0.6) is 11.5 Å². The molecule has 2 fully saturated rings. The van der Waals surface area contributed by atoms with Gasteiger partial charge >= 0.3 is 0 Å². The van der Waals surface area contributed by atoms with E-state index in [-0.39, 0.29) is 34.6 Å². The van der Waals surface area contributed by atoms with Gasteiger partial charge in [0.25, 0.3) is 5.91 Å². The molecular formula is C31H34N2O3. The molecule has 0 unspecified atom stereocenters.